The quantitative estimate of drug-likeness (QED) is 0.195. The van der Waals surface area contributed by atoms with Gasteiger partial charge < -0.3 is 14.8 Å². The maximum absolute atomic E-state index is 12.4. The Balaban J connectivity index is 1.61. The molecule has 0 aliphatic carbocycles. The van der Waals surface area contributed by atoms with Crippen molar-refractivity contribution in [2.75, 3.05) is 12.4 Å². The van der Waals surface area contributed by atoms with E-state index in [4.69, 9.17) is 21.1 Å². The molecule has 2 amide bonds. The molecule has 3 aromatic carbocycles. The largest absolute Gasteiger partial charge is 0.497 e. The third kappa shape index (κ3) is 6.16. The number of carbonyl (C=O) groups excluding carboxylic acids is 3. The van der Waals surface area contributed by atoms with Gasteiger partial charge in [-0.2, -0.15) is 5.10 Å². The molecule has 0 unspecified atom stereocenters. The number of esters is 1. The fraction of sp³-hybridized carbons (Fsp3) is 0.0435. The molecular weight excluding hydrogens is 434 g/mol. The second-order valence-electron chi connectivity index (χ2n) is 6.32. The van der Waals surface area contributed by atoms with Gasteiger partial charge >= 0.3 is 17.8 Å². The molecule has 0 bridgehead atoms. The zero-order chi connectivity index (χ0) is 22.9. The van der Waals surface area contributed by atoms with Gasteiger partial charge in [-0.15, -0.1) is 0 Å². The van der Waals surface area contributed by atoms with Crippen LogP contribution in [0.4, 0.5) is 5.69 Å². The summed E-state index contributed by atoms with van der Waals surface area (Å²) in [6, 6.07) is 19.4. The van der Waals surface area contributed by atoms with Crippen molar-refractivity contribution in [2.24, 2.45) is 5.10 Å². The highest BCUT2D eigenvalue weighted by Crippen LogP contribution is 2.19. The number of hydrogen-bond acceptors (Lipinski definition) is 6. The van der Waals surface area contributed by atoms with Crippen molar-refractivity contribution in [2.45, 2.75) is 0 Å². The van der Waals surface area contributed by atoms with Crippen molar-refractivity contribution in [3.63, 3.8) is 0 Å². The number of carbonyl (C=O) groups is 3. The molecule has 162 valence electrons. The van der Waals surface area contributed by atoms with Crippen molar-refractivity contribution < 1.29 is 23.9 Å². The minimum atomic E-state index is -0.978. The SMILES string of the molecule is COc1ccc(C(=O)Oc2ccccc2/C=N/NC(=O)C(=O)Nc2cccc(Cl)c2)cc1. The van der Waals surface area contributed by atoms with Crippen molar-refractivity contribution in [1.29, 1.82) is 0 Å². The molecule has 0 atom stereocenters. The lowest BCUT2D eigenvalue weighted by atomic mass is 10.2. The van der Waals surface area contributed by atoms with Gasteiger partial charge in [0.2, 0.25) is 0 Å². The zero-order valence-corrected chi connectivity index (χ0v) is 17.6. The van der Waals surface area contributed by atoms with Crippen molar-refractivity contribution >= 4 is 41.3 Å². The fourth-order valence-corrected chi connectivity index (χ4v) is 2.72. The van der Waals surface area contributed by atoms with Crippen LogP contribution < -0.4 is 20.2 Å². The number of hydrogen-bond donors (Lipinski definition) is 2. The lowest BCUT2D eigenvalue weighted by Gasteiger charge is -2.08. The van der Waals surface area contributed by atoms with Gasteiger partial charge in [-0.1, -0.05) is 29.8 Å². The lowest BCUT2D eigenvalue weighted by Crippen LogP contribution is -2.32. The summed E-state index contributed by atoms with van der Waals surface area (Å²) in [5.41, 5.74) is 3.25. The van der Waals surface area contributed by atoms with Gasteiger partial charge in [0.25, 0.3) is 0 Å². The van der Waals surface area contributed by atoms with E-state index in [2.05, 4.69) is 15.8 Å². The van der Waals surface area contributed by atoms with Crippen molar-refractivity contribution in [3.8, 4) is 11.5 Å². The highest BCUT2D eigenvalue weighted by atomic mass is 35.5. The first kappa shape index (κ1) is 22.5. The fourth-order valence-electron chi connectivity index (χ4n) is 2.53. The topological polar surface area (TPSA) is 106 Å². The summed E-state index contributed by atoms with van der Waals surface area (Å²) in [7, 11) is 1.53. The average Bonchev–Trinajstić information content (AvgIpc) is 2.80. The van der Waals surface area contributed by atoms with Gasteiger partial charge in [0, 0.05) is 16.3 Å². The van der Waals surface area contributed by atoms with Crippen LogP contribution in [-0.2, 0) is 9.59 Å². The predicted molar refractivity (Wildman–Crippen MR) is 120 cm³/mol. The number of nitrogens with one attached hydrogen (secondary N) is 2. The van der Waals surface area contributed by atoms with E-state index >= 15 is 0 Å². The van der Waals surface area contributed by atoms with Crippen LogP contribution in [0, 0.1) is 0 Å². The zero-order valence-electron chi connectivity index (χ0n) is 16.9. The summed E-state index contributed by atoms with van der Waals surface area (Å²) in [4.78, 5) is 36.3. The number of hydrazone groups is 1. The Bertz CT molecular complexity index is 1160. The first-order valence-corrected chi connectivity index (χ1v) is 9.69. The van der Waals surface area contributed by atoms with Gasteiger partial charge in [0.05, 0.1) is 18.9 Å². The molecule has 0 fully saturated rings. The van der Waals surface area contributed by atoms with Crippen LogP contribution in [0.1, 0.15) is 15.9 Å². The highest BCUT2D eigenvalue weighted by Gasteiger charge is 2.14. The molecule has 0 saturated heterocycles. The first-order chi connectivity index (χ1) is 15.5. The highest BCUT2D eigenvalue weighted by molar-refractivity contribution is 6.39. The van der Waals surface area contributed by atoms with Gasteiger partial charge in [0.15, 0.2) is 0 Å². The van der Waals surface area contributed by atoms with Crippen LogP contribution in [0.15, 0.2) is 77.9 Å². The average molecular weight is 452 g/mol. The third-order valence-electron chi connectivity index (χ3n) is 4.11. The van der Waals surface area contributed by atoms with E-state index in [-0.39, 0.29) is 5.75 Å². The van der Waals surface area contributed by atoms with Crippen LogP contribution in [0.3, 0.4) is 0 Å². The minimum Gasteiger partial charge on any atom is -0.497 e. The molecule has 0 radical (unpaired) electrons. The summed E-state index contributed by atoms with van der Waals surface area (Å²) < 4.78 is 10.5. The smallest absolute Gasteiger partial charge is 0.343 e. The van der Waals surface area contributed by atoms with Crippen LogP contribution in [-0.4, -0.2) is 31.1 Å². The molecule has 9 heteroatoms. The number of rotatable bonds is 6. The van der Waals surface area contributed by atoms with Crippen LogP contribution in [0.2, 0.25) is 5.02 Å². The van der Waals surface area contributed by atoms with E-state index in [9.17, 15) is 14.4 Å². The maximum atomic E-state index is 12.4. The van der Waals surface area contributed by atoms with E-state index in [0.717, 1.165) is 0 Å². The number of amides is 2. The number of methoxy groups -OCH3 is 1. The molecule has 0 aliphatic heterocycles. The summed E-state index contributed by atoms with van der Waals surface area (Å²) in [6.45, 7) is 0. The number of halogens is 1. The minimum absolute atomic E-state index is 0.231. The molecule has 32 heavy (non-hydrogen) atoms. The van der Waals surface area contributed by atoms with Crippen molar-refractivity contribution in [3.05, 3.63) is 88.9 Å². The Morgan fingerprint density at radius 2 is 1.69 bits per heavy atom. The first-order valence-electron chi connectivity index (χ1n) is 9.31. The van der Waals surface area contributed by atoms with Gasteiger partial charge in [-0.3, -0.25) is 9.59 Å². The number of anilines is 1. The normalized spacial score (nSPS) is 10.4. The molecule has 3 aromatic rings. The molecule has 0 heterocycles. The third-order valence-corrected chi connectivity index (χ3v) is 4.34. The van der Waals surface area contributed by atoms with Gasteiger partial charge in [-0.05, 0) is 54.6 Å². The Morgan fingerprint density at radius 1 is 0.938 bits per heavy atom. The maximum Gasteiger partial charge on any atom is 0.343 e. The molecule has 0 spiro atoms. The molecule has 0 aromatic heterocycles. The second kappa shape index (κ2) is 10.7. The number of nitrogens with zero attached hydrogens (tertiary/aromatic N) is 1. The standard InChI is InChI=1S/C23H18ClN3O5/c1-31-19-11-9-15(10-12-19)23(30)32-20-8-3-2-5-16(20)14-25-27-22(29)21(28)26-18-7-4-6-17(24)13-18/h2-14H,1H3,(H,26,28)(H,27,29)/b25-14+. The second-order valence-corrected chi connectivity index (χ2v) is 6.76. The van der Waals surface area contributed by atoms with Crippen molar-refractivity contribution in [1.82, 2.24) is 5.43 Å². The molecule has 2 N–H and O–H groups in total. The van der Waals surface area contributed by atoms with Crippen LogP contribution >= 0.6 is 11.6 Å². The molecule has 0 aliphatic rings. The van der Waals surface area contributed by atoms with Gasteiger partial charge in [0.1, 0.15) is 11.5 Å². The number of ether oxygens (including phenoxy) is 2. The molecule has 3 rings (SSSR count). The van der Waals surface area contributed by atoms with E-state index in [1.165, 1.54) is 19.4 Å². The Labute approximate surface area is 188 Å². The molecule has 0 saturated carbocycles. The van der Waals surface area contributed by atoms with E-state index in [1.807, 2.05) is 0 Å². The van der Waals surface area contributed by atoms with E-state index < -0.39 is 17.8 Å². The predicted octanol–water partition coefficient (Wildman–Crippen LogP) is 3.66. The number of para-hydroxylation sites is 1. The van der Waals surface area contributed by atoms with Crippen LogP contribution in [0.25, 0.3) is 0 Å². The summed E-state index contributed by atoms with van der Waals surface area (Å²) in [5, 5.41) is 6.59. The van der Waals surface area contributed by atoms with Gasteiger partial charge in [-0.25, -0.2) is 10.2 Å². The van der Waals surface area contributed by atoms with Crippen LogP contribution in [0.5, 0.6) is 11.5 Å². The summed E-state index contributed by atoms with van der Waals surface area (Å²) >= 11 is 5.85. The Kier molecular flexibility index (Phi) is 7.55. The summed E-state index contributed by atoms with van der Waals surface area (Å²) in [6.07, 6.45) is 1.27. The summed E-state index contributed by atoms with van der Waals surface area (Å²) in [5.74, 6) is -1.62. The number of benzene rings is 3. The van der Waals surface area contributed by atoms with E-state index in [0.29, 0.717) is 27.6 Å². The lowest BCUT2D eigenvalue weighted by molar-refractivity contribution is -0.136. The monoisotopic (exact) mass is 451 g/mol. The molecular formula is C23H18ClN3O5. The van der Waals surface area contributed by atoms with E-state index in [1.54, 1.807) is 66.7 Å². The molecule has 8 nitrogen and oxygen atoms in total. The Morgan fingerprint density at radius 3 is 2.41 bits per heavy atom. The Hall–Kier alpha value is -4.17.